The van der Waals surface area contributed by atoms with Gasteiger partial charge in [0, 0.05) is 61.4 Å². The van der Waals surface area contributed by atoms with Gasteiger partial charge in [-0.25, -0.2) is 4.68 Å². The van der Waals surface area contributed by atoms with Crippen LogP contribution >= 0.6 is 11.6 Å². The van der Waals surface area contributed by atoms with E-state index in [-0.39, 0.29) is 5.91 Å². The summed E-state index contributed by atoms with van der Waals surface area (Å²) in [5.41, 5.74) is 6.03. The largest absolute Gasteiger partial charge is 0.340 e. The maximum Gasteiger partial charge on any atom is 0.227 e. The molecule has 0 spiro atoms. The van der Waals surface area contributed by atoms with E-state index in [9.17, 15) is 4.79 Å². The molecule has 0 aliphatic carbocycles. The standard InChI is InChI=1S/C24H28ClN5O/c1-17-6-7-21(13-23(17)25)30-19(3)22(18(2)27-30)14-24(31)29-11-9-28(10-12-29)16-20-5-4-8-26-15-20/h4-8,13,15H,9-12,14,16H2,1-3H3. The van der Waals surface area contributed by atoms with Gasteiger partial charge < -0.3 is 4.90 Å². The van der Waals surface area contributed by atoms with Gasteiger partial charge in [0.15, 0.2) is 0 Å². The number of carbonyl (C=O) groups is 1. The highest BCUT2D eigenvalue weighted by Gasteiger charge is 2.24. The van der Waals surface area contributed by atoms with Crippen molar-refractivity contribution in [3.8, 4) is 5.69 Å². The summed E-state index contributed by atoms with van der Waals surface area (Å²) in [5.74, 6) is 0.161. The van der Waals surface area contributed by atoms with Gasteiger partial charge in [-0.1, -0.05) is 23.7 Å². The molecule has 6 nitrogen and oxygen atoms in total. The highest BCUT2D eigenvalue weighted by Crippen LogP contribution is 2.23. The molecule has 1 saturated heterocycles. The Bertz CT molecular complexity index is 1070. The van der Waals surface area contributed by atoms with Crippen molar-refractivity contribution in [1.29, 1.82) is 0 Å². The van der Waals surface area contributed by atoms with Gasteiger partial charge in [-0.15, -0.1) is 0 Å². The Labute approximate surface area is 188 Å². The van der Waals surface area contributed by atoms with Crippen LogP contribution < -0.4 is 0 Å². The molecule has 0 radical (unpaired) electrons. The molecule has 1 aliphatic heterocycles. The number of rotatable bonds is 5. The van der Waals surface area contributed by atoms with E-state index in [1.807, 2.05) is 60.8 Å². The zero-order valence-corrected chi connectivity index (χ0v) is 19.1. The molecule has 0 saturated carbocycles. The summed E-state index contributed by atoms with van der Waals surface area (Å²) in [6.45, 7) is 10.1. The van der Waals surface area contributed by atoms with E-state index in [0.717, 1.165) is 60.9 Å². The monoisotopic (exact) mass is 437 g/mol. The van der Waals surface area contributed by atoms with Gasteiger partial charge in [-0.3, -0.25) is 14.7 Å². The maximum absolute atomic E-state index is 13.0. The van der Waals surface area contributed by atoms with E-state index in [2.05, 4.69) is 21.0 Å². The first-order chi connectivity index (χ1) is 14.9. The van der Waals surface area contributed by atoms with Crippen molar-refractivity contribution in [2.24, 2.45) is 0 Å². The van der Waals surface area contributed by atoms with Crippen molar-refractivity contribution >= 4 is 17.5 Å². The van der Waals surface area contributed by atoms with E-state index in [1.54, 1.807) is 6.20 Å². The minimum Gasteiger partial charge on any atom is -0.340 e. The predicted octanol–water partition coefficient (Wildman–Crippen LogP) is 3.73. The molecule has 0 bridgehead atoms. The highest BCUT2D eigenvalue weighted by atomic mass is 35.5. The number of nitrogens with zero attached hydrogens (tertiary/aromatic N) is 5. The summed E-state index contributed by atoms with van der Waals surface area (Å²) in [6, 6.07) is 9.97. The molecule has 1 amide bonds. The van der Waals surface area contributed by atoms with Crippen LogP contribution in [0.1, 0.15) is 28.1 Å². The van der Waals surface area contributed by atoms with E-state index < -0.39 is 0 Å². The van der Waals surface area contributed by atoms with Gasteiger partial charge in [-0.05, 0) is 50.1 Å². The maximum atomic E-state index is 13.0. The van der Waals surface area contributed by atoms with Crippen molar-refractivity contribution in [3.05, 3.63) is 75.8 Å². The van der Waals surface area contributed by atoms with Crippen LogP contribution in [-0.2, 0) is 17.8 Å². The lowest BCUT2D eigenvalue weighted by atomic mass is 10.1. The fourth-order valence-electron chi connectivity index (χ4n) is 4.06. The first-order valence-electron chi connectivity index (χ1n) is 10.6. The molecule has 3 aromatic rings. The molecular weight excluding hydrogens is 410 g/mol. The van der Waals surface area contributed by atoms with Crippen molar-refractivity contribution < 1.29 is 4.79 Å². The molecule has 1 fully saturated rings. The van der Waals surface area contributed by atoms with Gasteiger partial charge in [0.25, 0.3) is 0 Å². The quantitative estimate of drug-likeness (QED) is 0.610. The number of pyridine rings is 1. The van der Waals surface area contributed by atoms with Gasteiger partial charge >= 0.3 is 0 Å². The van der Waals surface area contributed by atoms with Gasteiger partial charge in [-0.2, -0.15) is 5.10 Å². The zero-order valence-electron chi connectivity index (χ0n) is 18.3. The lowest BCUT2D eigenvalue weighted by Crippen LogP contribution is -2.48. The summed E-state index contributed by atoms with van der Waals surface area (Å²) in [4.78, 5) is 21.5. The van der Waals surface area contributed by atoms with Crippen LogP contribution in [0.15, 0.2) is 42.7 Å². The molecule has 0 N–H and O–H groups in total. The average molecular weight is 438 g/mol. The average Bonchev–Trinajstić information content (AvgIpc) is 3.05. The predicted molar refractivity (Wildman–Crippen MR) is 123 cm³/mol. The SMILES string of the molecule is Cc1ccc(-n2nc(C)c(CC(=O)N3CCN(Cc4cccnc4)CC3)c2C)cc1Cl. The molecule has 31 heavy (non-hydrogen) atoms. The number of amides is 1. The van der Waals surface area contributed by atoms with Crippen LogP contribution in [-0.4, -0.2) is 56.7 Å². The highest BCUT2D eigenvalue weighted by molar-refractivity contribution is 6.31. The Kier molecular flexibility index (Phi) is 6.39. The van der Waals surface area contributed by atoms with Crippen LogP contribution in [0.25, 0.3) is 5.69 Å². The van der Waals surface area contributed by atoms with E-state index >= 15 is 0 Å². The van der Waals surface area contributed by atoms with E-state index in [1.165, 1.54) is 5.56 Å². The number of hydrogen-bond acceptors (Lipinski definition) is 4. The molecule has 4 rings (SSSR count). The van der Waals surface area contributed by atoms with Crippen molar-refractivity contribution in [2.45, 2.75) is 33.7 Å². The van der Waals surface area contributed by atoms with Gasteiger partial charge in [0.2, 0.25) is 5.91 Å². The molecule has 2 aromatic heterocycles. The second-order valence-electron chi connectivity index (χ2n) is 8.19. The Balaban J connectivity index is 1.40. The molecule has 0 unspecified atom stereocenters. The number of benzene rings is 1. The first-order valence-corrected chi connectivity index (χ1v) is 11.0. The summed E-state index contributed by atoms with van der Waals surface area (Å²) in [6.07, 6.45) is 4.07. The van der Waals surface area contributed by atoms with Crippen molar-refractivity contribution in [3.63, 3.8) is 0 Å². The number of halogens is 1. The van der Waals surface area contributed by atoms with Crippen LogP contribution in [0.3, 0.4) is 0 Å². The van der Waals surface area contributed by atoms with E-state index in [0.29, 0.717) is 11.4 Å². The number of carbonyl (C=O) groups excluding carboxylic acids is 1. The number of piperazine rings is 1. The second-order valence-corrected chi connectivity index (χ2v) is 8.60. The smallest absolute Gasteiger partial charge is 0.227 e. The van der Waals surface area contributed by atoms with Gasteiger partial charge in [0.05, 0.1) is 17.8 Å². The molecule has 1 aliphatic rings. The fourth-order valence-corrected chi connectivity index (χ4v) is 4.24. The Morgan fingerprint density at radius 3 is 2.55 bits per heavy atom. The molecule has 7 heteroatoms. The number of hydrogen-bond donors (Lipinski definition) is 0. The summed E-state index contributed by atoms with van der Waals surface area (Å²) >= 11 is 6.30. The molecule has 162 valence electrons. The Morgan fingerprint density at radius 1 is 1.10 bits per heavy atom. The van der Waals surface area contributed by atoms with Crippen LogP contribution in [0.5, 0.6) is 0 Å². The minimum absolute atomic E-state index is 0.161. The van der Waals surface area contributed by atoms with Crippen molar-refractivity contribution in [1.82, 2.24) is 24.6 Å². The second kappa shape index (κ2) is 9.20. The Hall–Kier alpha value is -2.70. The molecule has 1 aromatic carbocycles. The zero-order chi connectivity index (χ0) is 22.0. The third-order valence-corrected chi connectivity index (χ3v) is 6.43. The lowest BCUT2D eigenvalue weighted by Gasteiger charge is -2.34. The third kappa shape index (κ3) is 4.81. The topological polar surface area (TPSA) is 54.3 Å². The van der Waals surface area contributed by atoms with Crippen LogP contribution in [0.4, 0.5) is 0 Å². The lowest BCUT2D eigenvalue weighted by molar-refractivity contribution is -0.132. The fraction of sp³-hybridized carbons (Fsp3) is 0.375. The first kappa shape index (κ1) is 21.5. The normalized spacial score (nSPS) is 14.8. The molecule has 0 atom stereocenters. The summed E-state index contributed by atoms with van der Waals surface area (Å²) in [5, 5.41) is 5.40. The van der Waals surface area contributed by atoms with Crippen LogP contribution in [0.2, 0.25) is 5.02 Å². The Morgan fingerprint density at radius 2 is 1.87 bits per heavy atom. The van der Waals surface area contributed by atoms with Gasteiger partial charge in [0.1, 0.15) is 0 Å². The van der Waals surface area contributed by atoms with E-state index in [4.69, 9.17) is 11.6 Å². The molecule has 3 heterocycles. The van der Waals surface area contributed by atoms with Crippen LogP contribution in [0, 0.1) is 20.8 Å². The third-order valence-electron chi connectivity index (χ3n) is 6.02. The number of aromatic nitrogens is 3. The minimum atomic E-state index is 0.161. The number of aryl methyl sites for hydroxylation is 2. The molecular formula is C24H28ClN5O. The van der Waals surface area contributed by atoms with Crippen molar-refractivity contribution in [2.75, 3.05) is 26.2 Å². The summed E-state index contributed by atoms with van der Waals surface area (Å²) in [7, 11) is 0. The summed E-state index contributed by atoms with van der Waals surface area (Å²) < 4.78 is 1.88.